The summed E-state index contributed by atoms with van der Waals surface area (Å²) in [6.45, 7) is 0.505. The minimum Gasteiger partial charge on any atom is -0.339 e. The lowest BCUT2D eigenvalue weighted by Gasteiger charge is -2.22. The van der Waals surface area contributed by atoms with Crippen molar-refractivity contribution in [3.63, 3.8) is 0 Å². The zero-order valence-electron chi connectivity index (χ0n) is 14.3. The van der Waals surface area contributed by atoms with Crippen LogP contribution in [0.5, 0.6) is 0 Å². The number of halogens is 5. The first-order valence-electron chi connectivity index (χ1n) is 8.19. The molecule has 0 saturated carbocycles. The number of aromatic nitrogens is 2. The number of alkyl halides is 3. The van der Waals surface area contributed by atoms with E-state index >= 15 is 0 Å². The Bertz CT molecular complexity index is 971. The minimum absolute atomic E-state index is 0.00432. The van der Waals surface area contributed by atoms with Crippen LogP contribution in [-0.2, 0) is 16.2 Å². The first kappa shape index (κ1) is 20.7. The summed E-state index contributed by atoms with van der Waals surface area (Å²) in [5, 5.41) is -0.234. The van der Waals surface area contributed by atoms with E-state index in [1.165, 1.54) is 9.21 Å². The molecular weight excluding hydrogens is 424 g/mol. The van der Waals surface area contributed by atoms with E-state index in [1.807, 2.05) is 0 Å². The van der Waals surface area contributed by atoms with E-state index in [0.717, 1.165) is 30.5 Å². The van der Waals surface area contributed by atoms with E-state index in [9.17, 15) is 26.0 Å². The van der Waals surface area contributed by atoms with Crippen molar-refractivity contribution >= 4 is 27.6 Å². The van der Waals surface area contributed by atoms with Crippen LogP contribution in [0.25, 0.3) is 0 Å². The van der Waals surface area contributed by atoms with Crippen molar-refractivity contribution in [1.82, 2.24) is 14.3 Å². The van der Waals surface area contributed by atoms with Gasteiger partial charge in [0.15, 0.2) is 0 Å². The molecule has 0 aliphatic carbocycles. The van der Waals surface area contributed by atoms with Crippen molar-refractivity contribution in [3.8, 4) is 0 Å². The zero-order chi connectivity index (χ0) is 20.5. The van der Waals surface area contributed by atoms with Crippen LogP contribution in [0.3, 0.4) is 0 Å². The third-order valence-electron chi connectivity index (χ3n) is 4.18. The highest BCUT2D eigenvalue weighted by Crippen LogP contribution is 2.29. The van der Waals surface area contributed by atoms with Gasteiger partial charge in [-0.25, -0.2) is 22.8 Å². The van der Waals surface area contributed by atoms with E-state index in [4.69, 9.17) is 11.6 Å². The SMILES string of the molecule is O=S(=O)(c1ccc(F)cc1Cl)N1CCCN(c2nccc(C(F)(F)F)n2)CC1. The van der Waals surface area contributed by atoms with Crippen LogP contribution < -0.4 is 4.90 Å². The lowest BCUT2D eigenvalue weighted by Crippen LogP contribution is -2.35. The maximum absolute atomic E-state index is 13.2. The standard InChI is InChI=1S/C16H15ClF4N4O2S/c17-12-10-11(18)2-3-13(12)28(26,27)25-7-1-6-24(8-9-25)15-22-5-4-14(23-15)16(19,20)21/h2-5,10H,1,6-9H2. The van der Waals surface area contributed by atoms with Crippen LogP contribution in [-0.4, -0.2) is 48.9 Å². The second-order valence-electron chi connectivity index (χ2n) is 6.06. The van der Waals surface area contributed by atoms with Crippen molar-refractivity contribution in [2.75, 3.05) is 31.1 Å². The van der Waals surface area contributed by atoms with Gasteiger partial charge in [0.25, 0.3) is 0 Å². The monoisotopic (exact) mass is 438 g/mol. The van der Waals surface area contributed by atoms with E-state index < -0.39 is 27.7 Å². The molecule has 1 fully saturated rings. The average Bonchev–Trinajstić information content (AvgIpc) is 2.87. The third kappa shape index (κ3) is 4.36. The fraction of sp³-hybridized carbons (Fsp3) is 0.375. The van der Waals surface area contributed by atoms with E-state index in [1.54, 1.807) is 0 Å². The lowest BCUT2D eigenvalue weighted by molar-refractivity contribution is -0.141. The van der Waals surface area contributed by atoms with Gasteiger partial charge in [0, 0.05) is 32.4 Å². The molecule has 0 spiro atoms. The third-order valence-corrected chi connectivity index (χ3v) is 6.56. The van der Waals surface area contributed by atoms with Gasteiger partial charge in [-0.15, -0.1) is 0 Å². The molecule has 3 rings (SSSR count). The molecule has 0 atom stereocenters. The summed E-state index contributed by atoms with van der Waals surface area (Å²) in [4.78, 5) is 8.68. The molecule has 6 nitrogen and oxygen atoms in total. The highest BCUT2D eigenvalue weighted by Gasteiger charge is 2.34. The summed E-state index contributed by atoms with van der Waals surface area (Å²) in [5.74, 6) is -0.776. The van der Waals surface area contributed by atoms with Gasteiger partial charge in [-0.05, 0) is 30.7 Å². The van der Waals surface area contributed by atoms with E-state index in [-0.39, 0.29) is 42.0 Å². The van der Waals surface area contributed by atoms with Crippen molar-refractivity contribution in [2.45, 2.75) is 17.5 Å². The largest absolute Gasteiger partial charge is 0.433 e. The smallest absolute Gasteiger partial charge is 0.339 e. The van der Waals surface area contributed by atoms with E-state index in [0.29, 0.717) is 6.42 Å². The van der Waals surface area contributed by atoms with Gasteiger partial charge < -0.3 is 4.90 Å². The maximum atomic E-state index is 13.2. The summed E-state index contributed by atoms with van der Waals surface area (Å²) in [6, 6.07) is 3.77. The molecule has 2 heterocycles. The fourth-order valence-corrected chi connectivity index (χ4v) is 4.79. The Kier molecular flexibility index (Phi) is 5.78. The molecule has 1 aromatic heterocycles. The van der Waals surface area contributed by atoms with Crippen LogP contribution in [0.15, 0.2) is 35.4 Å². The summed E-state index contributed by atoms with van der Waals surface area (Å²) in [5.41, 5.74) is -1.07. The second-order valence-corrected chi connectivity index (χ2v) is 8.37. The quantitative estimate of drug-likeness (QED) is 0.689. The highest BCUT2D eigenvalue weighted by atomic mass is 35.5. The molecule has 152 valence electrons. The normalized spacial score (nSPS) is 16.8. The number of nitrogens with zero attached hydrogens (tertiary/aromatic N) is 4. The predicted molar refractivity (Wildman–Crippen MR) is 94.0 cm³/mol. The van der Waals surface area contributed by atoms with Crippen LogP contribution >= 0.6 is 11.6 Å². The van der Waals surface area contributed by atoms with Gasteiger partial charge in [0.2, 0.25) is 16.0 Å². The van der Waals surface area contributed by atoms with Gasteiger partial charge >= 0.3 is 6.18 Å². The van der Waals surface area contributed by atoms with Gasteiger partial charge in [0.1, 0.15) is 16.4 Å². The van der Waals surface area contributed by atoms with Crippen LogP contribution in [0.1, 0.15) is 12.1 Å². The van der Waals surface area contributed by atoms with Crippen LogP contribution in [0.4, 0.5) is 23.5 Å². The van der Waals surface area contributed by atoms with Crippen molar-refractivity contribution in [2.24, 2.45) is 0 Å². The Morgan fingerprint density at radius 1 is 1.07 bits per heavy atom. The molecular formula is C16H15ClF4N4O2S. The molecule has 0 N–H and O–H groups in total. The average molecular weight is 439 g/mol. The Labute approximate surface area is 163 Å². The Hall–Kier alpha value is -1.98. The number of rotatable bonds is 3. The summed E-state index contributed by atoms with van der Waals surface area (Å²) < 4.78 is 78.6. The predicted octanol–water partition coefficient (Wildman–Crippen LogP) is 3.19. The molecule has 2 aromatic rings. The Morgan fingerprint density at radius 2 is 1.82 bits per heavy atom. The molecule has 0 amide bonds. The van der Waals surface area contributed by atoms with Gasteiger partial charge in [-0.1, -0.05) is 11.6 Å². The Morgan fingerprint density at radius 3 is 2.50 bits per heavy atom. The molecule has 0 unspecified atom stereocenters. The topological polar surface area (TPSA) is 66.4 Å². The van der Waals surface area contributed by atoms with Crippen molar-refractivity contribution in [1.29, 1.82) is 0 Å². The number of anilines is 1. The first-order valence-corrected chi connectivity index (χ1v) is 10.0. The molecule has 0 bridgehead atoms. The van der Waals surface area contributed by atoms with E-state index in [2.05, 4.69) is 9.97 Å². The fourth-order valence-electron chi connectivity index (χ4n) is 2.82. The van der Waals surface area contributed by atoms with Gasteiger partial charge in [-0.2, -0.15) is 17.5 Å². The first-order chi connectivity index (χ1) is 13.1. The summed E-state index contributed by atoms with van der Waals surface area (Å²) in [6.07, 6.45) is -3.24. The summed E-state index contributed by atoms with van der Waals surface area (Å²) in [7, 11) is -3.98. The molecule has 1 aliphatic heterocycles. The zero-order valence-corrected chi connectivity index (χ0v) is 15.9. The molecule has 1 aliphatic rings. The molecule has 12 heteroatoms. The minimum atomic E-state index is -4.60. The molecule has 28 heavy (non-hydrogen) atoms. The molecule has 1 saturated heterocycles. The number of hydrogen-bond donors (Lipinski definition) is 0. The van der Waals surface area contributed by atoms with Crippen molar-refractivity contribution < 1.29 is 26.0 Å². The molecule has 1 aromatic carbocycles. The highest BCUT2D eigenvalue weighted by molar-refractivity contribution is 7.89. The second kappa shape index (κ2) is 7.80. The van der Waals surface area contributed by atoms with Gasteiger partial charge in [0.05, 0.1) is 5.02 Å². The number of benzene rings is 1. The number of sulfonamides is 1. The van der Waals surface area contributed by atoms with Crippen LogP contribution in [0.2, 0.25) is 5.02 Å². The maximum Gasteiger partial charge on any atom is 0.433 e. The Balaban J connectivity index is 1.80. The lowest BCUT2D eigenvalue weighted by atomic mass is 10.3. The van der Waals surface area contributed by atoms with Gasteiger partial charge in [-0.3, -0.25) is 0 Å². The van der Waals surface area contributed by atoms with Crippen LogP contribution in [0, 0.1) is 5.82 Å². The van der Waals surface area contributed by atoms with Crippen molar-refractivity contribution in [3.05, 3.63) is 47.0 Å². The molecule has 0 radical (unpaired) electrons. The number of hydrogen-bond acceptors (Lipinski definition) is 5. The summed E-state index contributed by atoms with van der Waals surface area (Å²) >= 11 is 5.88.